The Bertz CT molecular complexity index is 658. The van der Waals surface area contributed by atoms with E-state index in [0.29, 0.717) is 39.3 Å². The minimum atomic E-state index is -3.47. The van der Waals surface area contributed by atoms with Crippen molar-refractivity contribution in [3.05, 3.63) is 29.8 Å². The molecule has 134 valence electrons. The number of ether oxygens (including phenoxy) is 1. The van der Waals surface area contributed by atoms with Crippen molar-refractivity contribution in [2.75, 3.05) is 39.4 Å². The lowest BCUT2D eigenvalue weighted by Gasteiger charge is -2.34. The van der Waals surface area contributed by atoms with E-state index in [2.05, 4.69) is 0 Å². The van der Waals surface area contributed by atoms with E-state index >= 15 is 0 Å². The number of piperidine rings is 1. The second kappa shape index (κ2) is 7.05. The molecule has 0 saturated carbocycles. The maximum atomic E-state index is 13.9. The summed E-state index contributed by atoms with van der Waals surface area (Å²) in [4.78, 5) is 2.25. The number of rotatable bonds is 4. The molecule has 0 bridgehead atoms. The third-order valence-electron chi connectivity index (χ3n) is 4.49. The predicted molar refractivity (Wildman–Crippen MR) is 88.6 cm³/mol. The molecular formula is C16H24FN3O3S. The summed E-state index contributed by atoms with van der Waals surface area (Å²) in [6, 6.07) is 6.82. The summed E-state index contributed by atoms with van der Waals surface area (Å²) >= 11 is 0. The molecule has 2 heterocycles. The number of likely N-dealkylation sites (tertiary alicyclic amines) is 1. The van der Waals surface area contributed by atoms with E-state index in [9.17, 15) is 12.8 Å². The highest BCUT2D eigenvalue weighted by atomic mass is 32.2. The number of nitrogens with zero attached hydrogens (tertiary/aromatic N) is 2. The van der Waals surface area contributed by atoms with Gasteiger partial charge in [-0.25, -0.2) is 12.8 Å². The molecule has 1 aromatic rings. The van der Waals surface area contributed by atoms with E-state index in [1.165, 1.54) is 4.31 Å². The van der Waals surface area contributed by atoms with Crippen molar-refractivity contribution < 1.29 is 17.5 Å². The summed E-state index contributed by atoms with van der Waals surface area (Å²) in [5.74, 6) is -1.63. The number of morpholine rings is 1. The average molecular weight is 357 g/mol. The first-order chi connectivity index (χ1) is 11.4. The maximum absolute atomic E-state index is 13.9. The number of hydrogen-bond donors (Lipinski definition) is 1. The van der Waals surface area contributed by atoms with Crippen LogP contribution in [0.4, 0.5) is 4.39 Å². The van der Waals surface area contributed by atoms with E-state index in [-0.39, 0.29) is 11.4 Å². The zero-order chi connectivity index (χ0) is 17.2. The second-order valence-corrected chi connectivity index (χ2v) is 8.45. The Morgan fingerprint density at radius 3 is 2.46 bits per heavy atom. The van der Waals surface area contributed by atoms with Gasteiger partial charge in [0.1, 0.15) is 0 Å². The van der Waals surface area contributed by atoms with Crippen LogP contribution in [0.5, 0.6) is 0 Å². The summed E-state index contributed by atoms with van der Waals surface area (Å²) in [5, 5.41) is 0. The van der Waals surface area contributed by atoms with E-state index in [4.69, 9.17) is 10.5 Å². The predicted octanol–water partition coefficient (Wildman–Crippen LogP) is 0.928. The summed E-state index contributed by atoms with van der Waals surface area (Å²) < 4.78 is 45.7. The van der Waals surface area contributed by atoms with Crippen molar-refractivity contribution in [3.8, 4) is 0 Å². The lowest BCUT2D eigenvalue weighted by atomic mass is 10.0. The largest absolute Gasteiger partial charge is 0.379 e. The minimum Gasteiger partial charge on any atom is -0.379 e. The summed E-state index contributed by atoms with van der Waals surface area (Å²) in [7, 11) is -3.47. The first kappa shape index (κ1) is 17.8. The highest BCUT2D eigenvalue weighted by Gasteiger charge is 2.31. The molecule has 3 rings (SSSR count). The lowest BCUT2D eigenvalue weighted by molar-refractivity contribution is 0.0464. The standard InChI is InChI=1S/C16H24FN3O3S/c17-16(18)6-1-7-19(13-16)12-14-2-4-15(5-3-14)24(21,22)20-8-10-23-11-9-20/h2-5H,1,6-13,18H2. The topological polar surface area (TPSA) is 75.9 Å². The molecule has 2 fully saturated rings. The van der Waals surface area contributed by atoms with E-state index in [0.717, 1.165) is 18.5 Å². The van der Waals surface area contributed by atoms with Crippen LogP contribution in [0.3, 0.4) is 0 Å². The van der Waals surface area contributed by atoms with Crippen molar-refractivity contribution >= 4 is 10.0 Å². The lowest BCUT2D eigenvalue weighted by Crippen LogP contribution is -2.50. The Balaban J connectivity index is 1.67. The summed E-state index contributed by atoms with van der Waals surface area (Å²) in [6.45, 7) is 3.20. The molecule has 0 aromatic heterocycles. The molecule has 8 heteroatoms. The van der Waals surface area contributed by atoms with Gasteiger partial charge in [0.25, 0.3) is 0 Å². The van der Waals surface area contributed by atoms with Gasteiger partial charge in [-0.1, -0.05) is 12.1 Å². The number of sulfonamides is 1. The quantitative estimate of drug-likeness (QED) is 0.812. The molecule has 2 aliphatic heterocycles. The van der Waals surface area contributed by atoms with Crippen molar-refractivity contribution in [1.82, 2.24) is 9.21 Å². The molecule has 0 aliphatic carbocycles. The van der Waals surface area contributed by atoms with Crippen LogP contribution in [0, 0.1) is 0 Å². The Hall–Kier alpha value is -1.06. The fourth-order valence-corrected chi connectivity index (χ4v) is 4.63. The molecule has 1 atom stereocenters. The van der Waals surface area contributed by atoms with Crippen LogP contribution in [0.1, 0.15) is 18.4 Å². The number of hydrogen-bond acceptors (Lipinski definition) is 5. The molecule has 2 N–H and O–H groups in total. The van der Waals surface area contributed by atoms with Gasteiger partial charge in [-0.3, -0.25) is 10.6 Å². The molecule has 1 aromatic carbocycles. The van der Waals surface area contributed by atoms with Crippen LogP contribution in [0.25, 0.3) is 0 Å². The third kappa shape index (κ3) is 4.12. The van der Waals surface area contributed by atoms with Crippen LogP contribution in [-0.2, 0) is 21.3 Å². The van der Waals surface area contributed by atoms with E-state index in [1.54, 1.807) is 24.3 Å². The second-order valence-electron chi connectivity index (χ2n) is 6.51. The highest BCUT2D eigenvalue weighted by molar-refractivity contribution is 7.89. The molecule has 6 nitrogen and oxygen atoms in total. The van der Waals surface area contributed by atoms with Crippen molar-refractivity contribution in [1.29, 1.82) is 0 Å². The number of benzene rings is 1. The molecular weight excluding hydrogens is 333 g/mol. The first-order valence-corrected chi connectivity index (χ1v) is 9.68. The van der Waals surface area contributed by atoms with Crippen LogP contribution in [0.2, 0.25) is 0 Å². The number of nitrogens with two attached hydrogens (primary N) is 1. The Kier molecular flexibility index (Phi) is 5.22. The smallest absolute Gasteiger partial charge is 0.243 e. The third-order valence-corrected chi connectivity index (χ3v) is 6.40. The Labute approximate surface area is 142 Å². The van der Waals surface area contributed by atoms with Gasteiger partial charge in [0, 0.05) is 26.2 Å². The van der Waals surface area contributed by atoms with Gasteiger partial charge in [-0.15, -0.1) is 0 Å². The molecule has 1 unspecified atom stereocenters. The van der Waals surface area contributed by atoms with E-state index < -0.39 is 15.8 Å². The first-order valence-electron chi connectivity index (χ1n) is 8.24. The summed E-state index contributed by atoms with van der Waals surface area (Å²) in [5.41, 5.74) is 6.53. The van der Waals surface area contributed by atoms with Crippen molar-refractivity contribution in [2.24, 2.45) is 5.73 Å². The Morgan fingerprint density at radius 1 is 1.17 bits per heavy atom. The van der Waals surface area contributed by atoms with Gasteiger partial charge in [0.05, 0.1) is 18.1 Å². The fraction of sp³-hybridized carbons (Fsp3) is 0.625. The van der Waals surface area contributed by atoms with Gasteiger partial charge in [-0.05, 0) is 37.1 Å². The molecule has 2 aliphatic rings. The van der Waals surface area contributed by atoms with Crippen LogP contribution in [-0.4, -0.2) is 62.8 Å². The van der Waals surface area contributed by atoms with Gasteiger partial charge in [0.15, 0.2) is 5.79 Å². The van der Waals surface area contributed by atoms with Crippen LogP contribution in [0.15, 0.2) is 29.2 Å². The monoisotopic (exact) mass is 357 g/mol. The van der Waals surface area contributed by atoms with E-state index in [1.807, 2.05) is 4.90 Å². The van der Waals surface area contributed by atoms with Crippen LogP contribution < -0.4 is 5.73 Å². The number of halogens is 1. The average Bonchev–Trinajstić information content (AvgIpc) is 2.55. The highest BCUT2D eigenvalue weighted by Crippen LogP contribution is 2.22. The number of alkyl halides is 1. The summed E-state index contributed by atoms with van der Waals surface area (Å²) in [6.07, 6.45) is 1.12. The molecule has 0 radical (unpaired) electrons. The van der Waals surface area contributed by atoms with Crippen molar-refractivity contribution in [3.63, 3.8) is 0 Å². The normalized spacial score (nSPS) is 27.2. The SMILES string of the molecule is NC1(F)CCCN(Cc2ccc(S(=O)(=O)N3CCOCC3)cc2)C1. The van der Waals surface area contributed by atoms with Gasteiger partial charge >= 0.3 is 0 Å². The Morgan fingerprint density at radius 2 is 1.83 bits per heavy atom. The zero-order valence-corrected chi connectivity index (χ0v) is 14.5. The minimum absolute atomic E-state index is 0.209. The molecule has 0 amide bonds. The van der Waals surface area contributed by atoms with Gasteiger partial charge in [0.2, 0.25) is 10.0 Å². The van der Waals surface area contributed by atoms with Gasteiger partial charge < -0.3 is 4.74 Å². The molecule has 0 spiro atoms. The zero-order valence-electron chi connectivity index (χ0n) is 13.7. The van der Waals surface area contributed by atoms with Gasteiger partial charge in [-0.2, -0.15) is 4.31 Å². The molecule has 24 heavy (non-hydrogen) atoms. The maximum Gasteiger partial charge on any atom is 0.243 e. The van der Waals surface area contributed by atoms with Crippen molar-refractivity contribution in [2.45, 2.75) is 30.1 Å². The fourth-order valence-electron chi connectivity index (χ4n) is 3.22. The van der Waals surface area contributed by atoms with Crippen LogP contribution >= 0.6 is 0 Å². The molecule has 2 saturated heterocycles.